The largest absolute Gasteiger partial charge is 0.463 e. The van der Waals surface area contributed by atoms with Crippen LogP contribution in [0, 0.1) is 0 Å². The zero-order valence-electron chi connectivity index (χ0n) is 46.3. The van der Waals surface area contributed by atoms with E-state index in [0.29, 0.717) is 6.04 Å². The summed E-state index contributed by atoms with van der Waals surface area (Å²) in [5.41, 5.74) is 0.0962. The van der Waals surface area contributed by atoms with E-state index in [1.54, 1.807) is 36.4 Å². The van der Waals surface area contributed by atoms with Gasteiger partial charge in [0.05, 0.1) is 11.1 Å². The number of esters is 8. The van der Waals surface area contributed by atoms with Gasteiger partial charge in [-0.05, 0) is 30.3 Å². The maximum atomic E-state index is 14.4. The molecule has 26 nitrogen and oxygen atoms in total. The number of nitrogens with one attached hydrogen (secondary N) is 2. The average Bonchev–Trinajstić information content (AvgIpc) is 3.36. The number of rotatable bonds is 23. The lowest BCUT2D eigenvalue weighted by atomic mass is 9.93. The Hall–Kier alpha value is -6.88. The fourth-order valence-electron chi connectivity index (χ4n) is 8.74. The van der Waals surface area contributed by atoms with E-state index in [1.165, 1.54) is 24.3 Å². The fraction of sp³-hybridized carbons (Fsp3) is 0.585. The zero-order valence-corrected chi connectivity index (χ0v) is 47.3. The summed E-state index contributed by atoms with van der Waals surface area (Å²) in [6.45, 7) is 12.8. The van der Waals surface area contributed by atoms with Crippen molar-refractivity contribution in [1.29, 1.82) is 0 Å². The Bertz CT molecular complexity index is 2490. The summed E-state index contributed by atoms with van der Waals surface area (Å²) in [6, 6.07) is 12.7. The van der Waals surface area contributed by atoms with Crippen LogP contribution in [0.1, 0.15) is 76.1 Å². The first-order valence-corrected chi connectivity index (χ1v) is 29.3. The summed E-state index contributed by atoms with van der Waals surface area (Å²) < 4.78 is 85.1. The monoisotopic (exact) mass is 1150 g/mol. The lowest BCUT2D eigenvalue weighted by Crippen LogP contribution is -2.72. The Morgan fingerprint density at radius 1 is 0.425 bits per heavy atom. The van der Waals surface area contributed by atoms with Crippen molar-refractivity contribution in [3.8, 4) is 0 Å². The summed E-state index contributed by atoms with van der Waals surface area (Å²) in [5, 5.41) is 5.26. The first-order chi connectivity index (χ1) is 37.7. The molecule has 0 bridgehead atoms. The SMILES string of the molecule is CC(=O)N[C@H]1[C@H](O[C@H]2[C@H](OC(=O)c3ccccc3)[C@@H](OC(=O)c3ccccc3)[C@H](OCC[Si](C)(C)C)O[C@@H]2COC(C)=O)O[C@H](COC(C)=O)[C@H](OC(C)=O)[C@@H]1O[C@@H]1O[C@H](COC(C)=O)[C@@H](OC(C)=O)[C@H](OC(C)=O)[C@H]1NC(C)=O. The molecule has 15 atom stereocenters. The summed E-state index contributed by atoms with van der Waals surface area (Å²) >= 11 is 0. The number of hydrogen-bond acceptors (Lipinski definition) is 24. The first-order valence-electron chi connectivity index (χ1n) is 25.6. The molecule has 3 heterocycles. The third kappa shape index (κ3) is 19.2. The second kappa shape index (κ2) is 29.5. The summed E-state index contributed by atoms with van der Waals surface area (Å²) in [7, 11) is -1.84. The van der Waals surface area contributed by atoms with Crippen molar-refractivity contribution in [2.24, 2.45) is 0 Å². The van der Waals surface area contributed by atoms with Crippen molar-refractivity contribution < 1.29 is 114 Å². The van der Waals surface area contributed by atoms with Crippen molar-refractivity contribution in [1.82, 2.24) is 10.6 Å². The number of carbonyl (C=O) groups excluding carboxylic acids is 10. The van der Waals surface area contributed by atoms with Gasteiger partial charge in [-0.15, -0.1) is 0 Å². The van der Waals surface area contributed by atoms with Gasteiger partial charge in [0.1, 0.15) is 62.4 Å². The van der Waals surface area contributed by atoms with Crippen LogP contribution in [0.25, 0.3) is 0 Å². The normalized spacial score (nSPS) is 28.3. The number of ether oxygens (including phenoxy) is 14. The van der Waals surface area contributed by atoms with Gasteiger partial charge in [-0.3, -0.25) is 38.4 Å². The Morgan fingerprint density at radius 3 is 1.19 bits per heavy atom. The summed E-state index contributed by atoms with van der Waals surface area (Å²) in [6.07, 6.45) is -22.2. The maximum absolute atomic E-state index is 14.4. The molecule has 27 heteroatoms. The minimum absolute atomic E-state index is 0.0269. The molecule has 2 amide bonds. The molecule has 0 unspecified atom stereocenters. The highest BCUT2D eigenvalue weighted by molar-refractivity contribution is 6.76. The van der Waals surface area contributed by atoms with Gasteiger partial charge in [0.2, 0.25) is 11.8 Å². The summed E-state index contributed by atoms with van der Waals surface area (Å²) in [5.74, 6) is -8.73. The van der Waals surface area contributed by atoms with Crippen LogP contribution in [-0.4, -0.2) is 186 Å². The molecule has 0 aromatic heterocycles. The highest BCUT2D eigenvalue weighted by Crippen LogP contribution is 2.38. The molecule has 0 saturated carbocycles. The van der Waals surface area contributed by atoms with Crippen LogP contribution >= 0.6 is 0 Å². The highest BCUT2D eigenvalue weighted by Gasteiger charge is 2.59. The van der Waals surface area contributed by atoms with Crippen LogP contribution in [0.2, 0.25) is 25.7 Å². The Morgan fingerprint density at radius 2 is 0.787 bits per heavy atom. The smallest absolute Gasteiger partial charge is 0.338 e. The quantitative estimate of drug-likeness (QED) is 0.0915. The lowest BCUT2D eigenvalue weighted by Gasteiger charge is -2.51. The minimum Gasteiger partial charge on any atom is -0.463 e. The van der Waals surface area contributed by atoms with Gasteiger partial charge < -0.3 is 76.9 Å². The number of benzene rings is 2. The van der Waals surface area contributed by atoms with Crippen LogP contribution in [0.4, 0.5) is 0 Å². The van der Waals surface area contributed by atoms with Gasteiger partial charge in [-0.25, -0.2) is 9.59 Å². The van der Waals surface area contributed by atoms with Gasteiger partial charge in [0.15, 0.2) is 49.4 Å². The van der Waals surface area contributed by atoms with Crippen molar-refractivity contribution in [2.45, 2.75) is 173 Å². The molecule has 3 aliphatic heterocycles. The molecular weight excluding hydrogens is 1080 g/mol. The number of carbonyl (C=O) groups is 10. The first kappa shape index (κ1) is 63.9. The second-order valence-corrected chi connectivity index (χ2v) is 25.7. The van der Waals surface area contributed by atoms with Gasteiger partial charge in [-0.2, -0.15) is 0 Å². The van der Waals surface area contributed by atoms with E-state index in [9.17, 15) is 47.9 Å². The molecule has 3 fully saturated rings. The molecule has 2 aromatic rings. The van der Waals surface area contributed by atoms with Gasteiger partial charge >= 0.3 is 47.8 Å². The molecule has 2 aromatic carbocycles. The topological polar surface area (TPSA) is 324 Å². The van der Waals surface area contributed by atoms with E-state index < -0.39 is 179 Å². The van der Waals surface area contributed by atoms with Crippen LogP contribution < -0.4 is 10.6 Å². The van der Waals surface area contributed by atoms with Gasteiger partial charge in [0, 0.05) is 70.1 Å². The molecule has 0 aliphatic carbocycles. The number of amides is 2. The highest BCUT2D eigenvalue weighted by atomic mass is 28.3. The molecule has 80 heavy (non-hydrogen) atoms. The molecule has 0 radical (unpaired) electrons. The van der Waals surface area contributed by atoms with Crippen LogP contribution in [0.3, 0.4) is 0 Å². The lowest BCUT2D eigenvalue weighted by molar-refractivity contribution is -0.359. The molecule has 2 N–H and O–H groups in total. The average molecular weight is 1150 g/mol. The number of hydrogen-bond donors (Lipinski definition) is 2. The molecular formula is C53H70N2O24Si. The van der Waals surface area contributed by atoms with Gasteiger partial charge in [0.25, 0.3) is 0 Å². The van der Waals surface area contributed by atoms with E-state index in [0.717, 1.165) is 55.4 Å². The van der Waals surface area contributed by atoms with Crippen LogP contribution in [0.15, 0.2) is 60.7 Å². The van der Waals surface area contributed by atoms with Crippen molar-refractivity contribution in [3.63, 3.8) is 0 Å². The van der Waals surface area contributed by atoms with Crippen molar-refractivity contribution in [2.75, 3.05) is 26.4 Å². The predicted molar refractivity (Wildman–Crippen MR) is 273 cm³/mol. The van der Waals surface area contributed by atoms with E-state index in [4.69, 9.17) is 66.3 Å². The maximum Gasteiger partial charge on any atom is 0.338 e. The fourth-order valence-corrected chi connectivity index (χ4v) is 9.47. The molecule has 5 rings (SSSR count). The summed E-state index contributed by atoms with van der Waals surface area (Å²) in [4.78, 5) is 131. The third-order valence-electron chi connectivity index (χ3n) is 12.1. The third-order valence-corrected chi connectivity index (χ3v) is 13.8. The van der Waals surface area contributed by atoms with E-state index >= 15 is 0 Å². The minimum atomic E-state index is -1.96. The van der Waals surface area contributed by atoms with Gasteiger partial charge in [-0.1, -0.05) is 56.0 Å². The second-order valence-electron chi connectivity index (χ2n) is 20.1. The van der Waals surface area contributed by atoms with Crippen molar-refractivity contribution >= 4 is 67.6 Å². The van der Waals surface area contributed by atoms with Crippen LogP contribution in [-0.2, 0) is 105 Å². The van der Waals surface area contributed by atoms with Crippen molar-refractivity contribution in [3.05, 3.63) is 71.8 Å². The van der Waals surface area contributed by atoms with E-state index in [-0.39, 0.29) is 17.7 Å². The standard InChI is InChI=1S/C53H70N2O24Si/c1-27(56)54-40-45(72-34(8)63)42(70-32(6)61)37(24-67-29(3)58)74-52(40)79-46-41(55-28(2)57)51(73-38(25-68-30(4)59)43(46)71-33(7)62)78-44-39(26-69-31(5)60)75-53(66-22-23-80(9,10)11)48(77-50(65)36-20-16-13-17-21-36)47(44)76-49(64)35-18-14-12-15-19-35/h12-21,37-48,51-53H,22-26H2,1-11H3,(H,54,56)(H,55,57)/t37-,38-,39-,40-,41-,42-,43+,44-,45-,46-,47+,48-,51+,52+,53-/m1/s1. The Labute approximate surface area is 462 Å². The Balaban J connectivity index is 1.75. The molecule has 3 aliphatic rings. The van der Waals surface area contributed by atoms with E-state index in [2.05, 4.69) is 30.3 Å². The predicted octanol–water partition coefficient (Wildman–Crippen LogP) is 2.23. The van der Waals surface area contributed by atoms with E-state index in [1.807, 2.05) is 0 Å². The Kier molecular flexibility index (Phi) is 23.6. The molecule has 440 valence electrons. The zero-order chi connectivity index (χ0) is 59.0. The molecule has 3 saturated heterocycles. The van der Waals surface area contributed by atoms with Crippen LogP contribution in [0.5, 0.6) is 0 Å². The molecule has 0 spiro atoms.